The summed E-state index contributed by atoms with van der Waals surface area (Å²) in [6.45, 7) is 0.0122. The van der Waals surface area contributed by atoms with E-state index in [9.17, 15) is 17.6 Å². The Bertz CT molecular complexity index is 1370. The van der Waals surface area contributed by atoms with E-state index < -0.39 is 21.3 Å². The first kappa shape index (κ1) is 22.1. The van der Waals surface area contributed by atoms with Crippen LogP contribution in [0.15, 0.2) is 59.6 Å². The van der Waals surface area contributed by atoms with E-state index in [1.165, 1.54) is 31.4 Å². The number of carbonyl (C=O) groups excluding carboxylic acids is 1. The molecule has 2 aliphatic rings. The molecule has 5 rings (SSSR count). The SMILES string of the molecule is COc1ccccc1S(=O)(=O)Nc1cc(OCc2ccc(F)cn2)c2c(c1)C1(CCC1)C(=O)N2. The number of carbonyl (C=O) groups is 1. The first-order valence-corrected chi connectivity index (χ1v) is 12.2. The summed E-state index contributed by atoms with van der Waals surface area (Å²) in [6.07, 6.45) is 3.34. The third-order valence-electron chi connectivity index (χ3n) is 6.27. The predicted octanol–water partition coefficient (Wildman–Crippen LogP) is 3.98. The van der Waals surface area contributed by atoms with Crippen LogP contribution in [0.1, 0.15) is 30.5 Å². The Labute approximate surface area is 196 Å². The molecule has 0 radical (unpaired) electrons. The second-order valence-corrected chi connectivity index (χ2v) is 9.95. The van der Waals surface area contributed by atoms with Gasteiger partial charge in [0, 0.05) is 6.07 Å². The number of hydrogen-bond acceptors (Lipinski definition) is 6. The highest BCUT2D eigenvalue weighted by molar-refractivity contribution is 7.92. The summed E-state index contributed by atoms with van der Waals surface area (Å²) in [5.41, 5.74) is 1.28. The molecule has 2 heterocycles. The van der Waals surface area contributed by atoms with Crippen molar-refractivity contribution >= 4 is 27.3 Å². The minimum Gasteiger partial charge on any atom is -0.495 e. The lowest BCUT2D eigenvalue weighted by molar-refractivity contribution is -0.123. The van der Waals surface area contributed by atoms with Crippen LogP contribution in [0, 0.1) is 5.82 Å². The normalized spacial score (nSPS) is 15.9. The molecule has 1 saturated carbocycles. The first-order valence-electron chi connectivity index (χ1n) is 10.7. The summed E-state index contributed by atoms with van der Waals surface area (Å²) in [5.74, 6) is -0.0689. The molecule has 2 aromatic carbocycles. The smallest absolute Gasteiger partial charge is 0.265 e. The van der Waals surface area contributed by atoms with Crippen molar-refractivity contribution < 1.29 is 27.1 Å². The Morgan fingerprint density at radius 2 is 1.94 bits per heavy atom. The highest BCUT2D eigenvalue weighted by atomic mass is 32.2. The number of amides is 1. The molecule has 8 nitrogen and oxygen atoms in total. The van der Waals surface area contributed by atoms with Crippen LogP contribution >= 0.6 is 0 Å². The molecule has 0 unspecified atom stereocenters. The molecule has 1 aliphatic carbocycles. The third kappa shape index (κ3) is 3.73. The predicted molar refractivity (Wildman–Crippen MR) is 123 cm³/mol. The number of para-hydroxylation sites is 1. The number of rotatable bonds is 7. The number of anilines is 2. The summed E-state index contributed by atoms with van der Waals surface area (Å²) >= 11 is 0. The molecule has 1 fully saturated rings. The fourth-order valence-corrected chi connectivity index (χ4v) is 5.58. The van der Waals surface area contributed by atoms with Gasteiger partial charge in [0.15, 0.2) is 0 Å². The maximum Gasteiger partial charge on any atom is 0.265 e. The summed E-state index contributed by atoms with van der Waals surface area (Å²) in [5, 5.41) is 2.90. The average molecular weight is 484 g/mol. The van der Waals surface area contributed by atoms with Crippen molar-refractivity contribution in [2.45, 2.75) is 36.2 Å². The van der Waals surface area contributed by atoms with Gasteiger partial charge in [0.25, 0.3) is 10.0 Å². The average Bonchev–Trinajstić information content (AvgIpc) is 3.10. The number of fused-ring (bicyclic) bond motifs is 2. The fourth-order valence-electron chi connectivity index (χ4n) is 4.37. The van der Waals surface area contributed by atoms with Gasteiger partial charge in [-0.2, -0.15) is 0 Å². The molecule has 3 aromatic rings. The highest BCUT2D eigenvalue weighted by Gasteiger charge is 2.52. The zero-order valence-electron chi connectivity index (χ0n) is 18.3. The Balaban J connectivity index is 1.52. The van der Waals surface area contributed by atoms with Crippen LogP contribution in [0.3, 0.4) is 0 Å². The van der Waals surface area contributed by atoms with Crippen LogP contribution in [0.5, 0.6) is 11.5 Å². The molecule has 2 N–H and O–H groups in total. The fraction of sp³-hybridized carbons (Fsp3) is 0.250. The Morgan fingerprint density at radius 1 is 1.15 bits per heavy atom. The van der Waals surface area contributed by atoms with Crippen LogP contribution in [-0.4, -0.2) is 26.4 Å². The number of pyridine rings is 1. The first-order chi connectivity index (χ1) is 16.3. The van der Waals surface area contributed by atoms with Crippen molar-refractivity contribution in [2.75, 3.05) is 17.1 Å². The topological polar surface area (TPSA) is 107 Å². The molecule has 176 valence electrons. The third-order valence-corrected chi connectivity index (χ3v) is 7.69. The van der Waals surface area contributed by atoms with Crippen molar-refractivity contribution in [1.29, 1.82) is 0 Å². The van der Waals surface area contributed by atoms with Gasteiger partial charge in [-0.1, -0.05) is 18.6 Å². The number of hydrogen-bond donors (Lipinski definition) is 2. The quantitative estimate of drug-likeness (QED) is 0.527. The van der Waals surface area contributed by atoms with E-state index in [0.717, 1.165) is 12.6 Å². The molecule has 0 atom stereocenters. The van der Waals surface area contributed by atoms with Gasteiger partial charge in [0.2, 0.25) is 5.91 Å². The molecule has 0 saturated heterocycles. The number of nitrogens with one attached hydrogen (secondary N) is 2. The van der Waals surface area contributed by atoms with Crippen LogP contribution in [0.25, 0.3) is 0 Å². The minimum absolute atomic E-state index is 0.0106. The molecule has 1 aliphatic heterocycles. The van der Waals surface area contributed by atoms with Gasteiger partial charge in [-0.3, -0.25) is 14.5 Å². The van der Waals surface area contributed by atoms with Crippen molar-refractivity contribution in [3.8, 4) is 11.5 Å². The van der Waals surface area contributed by atoms with Gasteiger partial charge >= 0.3 is 0 Å². The second kappa shape index (κ2) is 8.28. The second-order valence-electron chi connectivity index (χ2n) is 8.30. The molecule has 1 aromatic heterocycles. The Hall–Kier alpha value is -3.66. The van der Waals surface area contributed by atoms with Crippen LogP contribution in [0.4, 0.5) is 15.8 Å². The van der Waals surface area contributed by atoms with E-state index >= 15 is 0 Å². The van der Waals surface area contributed by atoms with E-state index in [0.29, 0.717) is 35.5 Å². The number of benzene rings is 2. The maximum absolute atomic E-state index is 13.2. The molecular formula is C24H22FN3O5S. The van der Waals surface area contributed by atoms with Crippen molar-refractivity contribution in [2.24, 2.45) is 0 Å². The van der Waals surface area contributed by atoms with E-state index in [-0.39, 0.29) is 28.8 Å². The summed E-state index contributed by atoms with van der Waals surface area (Å²) in [4.78, 5) is 16.8. The minimum atomic E-state index is -3.99. The Morgan fingerprint density at radius 3 is 2.62 bits per heavy atom. The molecule has 1 amide bonds. The molecule has 34 heavy (non-hydrogen) atoms. The van der Waals surface area contributed by atoms with Gasteiger partial charge in [-0.15, -0.1) is 0 Å². The van der Waals surface area contributed by atoms with Gasteiger partial charge < -0.3 is 14.8 Å². The number of nitrogens with zero attached hydrogens (tertiary/aromatic N) is 1. The Kier molecular flexibility index (Phi) is 5.40. The standard InChI is InChI=1S/C24H22FN3O5S/c1-32-19-5-2-3-6-21(19)34(30,31)28-17-11-18-22(27-23(29)24(18)9-4-10-24)20(12-17)33-14-16-8-7-15(25)13-26-16/h2-3,5-8,11-13,28H,4,9-10,14H2,1H3,(H,27,29). The number of methoxy groups -OCH3 is 1. The summed E-state index contributed by atoms with van der Waals surface area (Å²) in [6, 6.07) is 12.3. The van der Waals surface area contributed by atoms with E-state index in [2.05, 4.69) is 15.0 Å². The van der Waals surface area contributed by atoms with Gasteiger partial charge in [-0.25, -0.2) is 12.8 Å². The van der Waals surface area contributed by atoms with E-state index in [1.807, 2.05) is 0 Å². The van der Waals surface area contributed by atoms with Crippen LogP contribution in [-0.2, 0) is 26.8 Å². The number of halogens is 1. The lowest BCUT2D eigenvalue weighted by Crippen LogP contribution is -2.40. The zero-order valence-corrected chi connectivity index (χ0v) is 19.1. The summed E-state index contributed by atoms with van der Waals surface area (Å²) < 4.78 is 53.2. The number of ether oxygens (including phenoxy) is 2. The van der Waals surface area contributed by atoms with Crippen LogP contribution < -0.4 is 19.5 Å². The largest absolute Gasteiger partial charge is 0.495 e. The van der Waals surface area contributed by atoms with Crippen LogP contribution in [0.2, 0.25) is 0 Å². The van der Waals surface area contributed by atoms with E-state index in [4.69, 9.17) is 9.47 Å². The number of sulfonamides is 1. The van der Waals surface area contributed by atoms with Crippen molar-refractivity contribution in [3.05, 3.63) is 71.8 Å². The van der Waals surface area contributed by atoms with Gasteiger partial charge in [0.05, 0.1) is 35.8 Å². The van der Waals surface area contributed by atoms with E-state index in [1.54, 1.807) is 24.3 Å². The molecule has 0 bridgehead atoms. The maximum atomic E-state index is 13.2. The molecular weight excluding hydrogens is 461 g/mol. The lowest BCUT2D eigenvalue weighted by Gasteiger charge is -2.36. The monoisotopic (exact) mass is 483 g/mol. The summed E-state index contributed by atoms with van der Waals surface area (Å²) in [7, 11) is -2.59. The van der Waals surface area contributed by atoms with Crippen molar-refractivity contribution in [1.82, 2.24) is 4.98 Å². The highest BCUT2D eigenvalue weighted by Crippen LogP contribution is 2.54. The zero-order chi connectivity index (χ0) is 23.9. The lowest BCUT2D eigenvalue weighted by atomic mass is 9.65. The van der Waals surface area contributed by atoms with Crippen molar-refractivity contribution in [3.63, 3.8) is 0 Å². The molecule has 1 spiro atoms. The van der Waals surface area contributed by atoms with Gasteiger partial charge in [0.1, 0.15) is 28.8 Å². The number of aromatic nitrogens is 1. The van der Waals surface area contributed by atoms with Gasteiger partial charge in [-0.05, 0) is 48.7 Å². The molecule has 10 heteroatoms.